The number of likely N-dealkylation sites (N-methyl/N-ethyl adjacent to an activating group) is 1. The number of aliphatic hydroxyl groups is 1. The van der Waals surface area contributed by atoms with Crippen molar-refractivity contribution < 1.29 is 14.6 Å². The number of hydrogen-bond donors (Lipinski definition) is 2. The summed E-state index contributed by atoms with van der Waals surface area (Å²) in [5, 5.41) is 12.8. The van der Waals surface area contributed by atoms with Crippen LogP contribution >= 0.6 is 11.6 Å². The van der Waals surface area contributed by atoms with Gasteiger partial charge in [0.15, 0.2) is 5.78 Å². The molecule has 0 aromatic heterocycles. The van der Waals surface area contributed by atoms with Gasteiger partial charge in [0.2, 0.25) is 0 Å². The van der Waals surface area contributed by atoms with Gasteiger partial charge >= 0.3 is 0 Å². The van der Waals surface area contributed by atoms with E-state index in [2.05, 4.69) is 5.32 Å². The van der Waals surface area contributed by atoms with Gasteiger partial charge in [-0.15, -0.1) is 0 Å². The molecule has 0 saturated heterocycles. The molecule has 17 heavy (non-hydrogen) atoms. The zero-order valence-corrected chi connectivity index (χ0v) is 10.8. The van der Waals surface area contributed by atoms with Gasteiger partial charge in [0.25, 0.3) is 0 Å². The van der Waals surface area contributed by atoms with Gasteiger partial charge in [0.05, 0.1) is 12.7 Å². The van der Waals surface area contributed by atoms with Crippen molar-refractivity contribution in [3.63, 3.8) is 0 Å². The average molecular weight is 258 g/mol. The molecule has 0 fully saturated rings. The van der Waals surface area contributed by atoms with Crippen LogP contribution in [0.4, 0.5) is 0 Å². The summed E-state index contributed by atoms with van der Waals surface area (Å²) in [7, 11) is 3.15. The van der Waals surface area contributed by atoms with E-state index in [1.165, 1.54) is 13.2 Å². The zero-order valence-electron chi connectivity index (χ0n) is 10.1. The number of aryl methyl sites for hydroxylation is 1. The fourth-order valence-electron chi connectivity index (χ4n) is 1.65. The van der Waals surface area contributed by atoms with Crippen LogP contribution < -0.4 is 10.1 Å². The summed E-state index contributed by atoms with van der Waals surface area (Å²) < 4.78 is 5.17. The molecule has 0 radical (unpaired) electrons. The summed E-state index contributed by atoms with van der Waals surface area (Å²) in [5.41, 5.74) is 1.07. The van der Waals surface area contributed by atoms with Crippen LogP contribution in [0.15, 0.2) is 12.1 Å². The van der Waals surface area contributed by atoms with Crippen LogP contribution in [-0.2, 0) is 0 Å². The Hall–Kier alpha value is -1.10. The van der Waals surface area contributed by atoms with E-state index in [1.54, 1.807) is 20.0 Å². The number of carbonyl (C=O) groups is 1. The van der Waals surface area contributed by atoms with Gasteiger partial charge < -0.3 is 15.2 Å². The van der Waals surface area contributed by atoms with Crippen LogP contribution in [0.3, 0.4) is 0 Å². The maximum Gasteiger partial charge on any atom is 0.196 e. The quantitative estimate of drug-likeness (QED) is 0.784. The summed E-state index contributed by atoms with van der Waals surface area (Å²) in [4.78, 5) is 12.0. The van der Waals surface area contributed by atoms with E-state index in [9.17, 15) is 9.90 Å². The van der Waals surface area contributed by atoms with Crippen LogP contribution in [0.1, 0.15) is 15.9 Å². The highest BCUT2D eigenvalue weighted by atomic mass is 35.5. The number of rotatable bonds is 5. The number of Topliss-reactive ketones (excluding diaryl/α,β-unsaturated/α-hetero) is 1. The van der Waals surface area contributed by atoms with Crippen molar-refractivity contribution in [3.8, 4) is 5.75 Å². The molecule has 0 amide bonds. The third kappa shape index (κ3) is 3.19. The Labute approximate surface area is 106 Å². The van der Waals surface area contributed by atoms with Gasteiger partial charge in [-0.05, 0) is 31.7 Å². The molecule has 2 N–H and O–H groups in total. The highest BCUT2D eigenvalue weighted by Crippen LogP contribution is 2.28. The van der Waals surface area contributed by atoms with Gasteiger partial charge in [-0.3, -0.25) is 4.79 Å². The lowest BCUT2D eigenvalue weighted by Crippen LogP contribution is -2.31. The van der Waals surface area contributed by atoms with E-state index in [0.29, 0.717) is 16.3 Å². The average Bonchev–Trinajstić information content (AvgIpc) is 2.27. The molecule has 0 heterocycles. The first-order chi connectivity index (χ1) is 8.01. The summed E-state index contributed by atoms with van der Waals surface area (Å²) in [5.74, 6) is 0.0522. The Balaban J connectivity index is 3.16. The molecule has 0 spiro atoms. The third-order valence-electron chi connectivity index (χ3n) is 2.41. The topological polar surface area (TPSA) is 58.6 Å². The van der Waals surface area contributed by atoms with Crippen molar-refractivity contribution >= 4 is 17.4 Å². The maximum atomic E-state index is 12.0. The number of ketones is 1. The molecule has 1 atom stereocenters. The Bertz CT molecular complexity index is 420. The molecule has 94 valence electrons. The lowest BCUT2D eigenvalue weighted by atomic mass is 10.0. The van der Waals surface area contributed by atoms with Crippen molar-refractivity contribution in [1.82, 2.24) is 5.32 Å². The van der Waals surface area contributed by atoms with Gasteiger partial charge in [-0.1, -0.05) is 11.6 Å². The standard InChI is InChI=1S/C12H16ClNO3/c1-7-4-8(13)5-9(12(7)17-3)11(16)10(15)6-14-2/h4-5,10,14-15H,6H2,1-3H3. The number of aliphatic hydroxyl groups excluding tert-OH is 1. The maximum absolute atomic E-state index is 12.0. The molecule has 4 nitrogen and oxygen atoms in total. The number of hydrogen-bond acceptors (Lipinski definition) is 4. The van der Waals surface area contributed by atoms with Crippen molar-refractivity contribution in [3.05, 3.63) is 28.3 Å². The highest BCUT2D eigenvalue weighted by Gasteiger charge is 2.21. The third-order valence-corrected chi connectivity index (χ3v) is 2.63. The Morgan fingerprint density at radius 2 is 2.24 bits per heavy atom. The number of carbonyl (C=O) groups excluding carboxylic acids is 1. The van der Waals surface area contributed by atoms with Crippen molar-refractivity contribution in [2.75, 3.05) is 20.7 Å². The van der Waals surface area contributed by atoms with Gasteiger partial charge in [-0.2, -0.15) is 0 Å². The normalized spacial score (nSPS) is 12.3. The Morgan fingerprint density at radius 3 is 2.76 bits per heavy atom. The predicted molar refractivity (Wildman–Crippen MR) is 67.0 cm³/mol. The van der Waals surface area contributed by atoms with Crippen LogP contribution in [0.5, 0.6) is 5.75 Å². The van der Waals surface area contributed by atoms with Gasteiger partial charge in [-0.25, -0.2) is 0 Å². The lowest BCUT2D eigenvalue weighted by molar-refractivity contribution is 0.0747. The highest BCUT2D eigenvalue weighted by molar-refractivity contribution is 6.31. The van der Waals surface area contributed by atoms with E-state index in [-0.39, 0.29) is 6.54 Å². The molecular formula is C12H16ClNO3. The predicted octanol–water partition coefficient (Wildman–Crippen LogP) is 1.42. The minimum absolute atomic E-state index is 0.188. The van der Waals surface area contributed by atoms with E-state index in [4.69, 9.17) is 16.3 Å². The number of halogens is 1. The van der Waals surface area contributed by atoms with Crippen LogP contribution in [0.25, 0.3) is 0 Å². The van der Waals surface area contributed by atoms with Gasteiger partial charge in [0.1, 0.15) is 11.9 Å². The molecule has 5 heteroatoms. The minimum atomic E-state index is -1.10. The molecule has 0 aliphatic carbocycles. The molecular weight excluding hydrogens is 242 g/mol. The number of ether oxygens (including phenoxy) is 1. The first-order valence-corrected chi connectivity index (χ1v) is 5.60. The second kappa shape index (κ2) is 6.00. The summed E-state index contributed by atoms with van der Waals surface area (Å²) in [6, 6.07) is 3.22. The first kappa shape index (κ1) is 14.0. The fraction of sp³-hybridized carbons (Fsp3) is 0.417. The van der Waals surface area contributed by atoms with Crippen molar-refractivity contribution in [2.45, 2.75) is 13.0 Å². The molecule has 0 aliphatic heterocycles. The fourth-order valence-corrected chi connectivity index (χ4v) is 1.92. The van der Waals surface area contributed by atoms with E-state index < -0.39 is 11.9 Å². The molecule has 0 bridgehead atoms. The van der Waals surface area contributed by atoms with E-state index in [0.717, 1.165) is 5.56 Å². The smallest absolute Gasteiger partial charge is 0.196 e. The lowest BCUT2D eigenvalue weighted by Gasteiger charge is -2.14. The summed E-state index contributed by atoms with van der Waals surface area (Å²) in [6.45, 7) is 1.99. The summed E-state index contributed by atoms with van der Waals surface area (Å²) >= 11 is 5.90. The van der Waals surface area contributed by atoms with E-state index in [1.807, 2.05) is 0 Å². The number of benzene rings is 1. The van der Waals surface area contributed by atoms with Crippen molar-refractivity contribution in [1.29, 1.82) is 0 Å². The van der Waals surface area contributed by atoms with Crippen molar-refractivity contribution in [2.24, 2.45) is 0 Å². The first-order valence-electron chi connectivity index (χ1n) is 5.22. The largest absolute Gasteiger partial charge is 0.496 e. The van der Waals surface area contributed by atoms with Crippen LogP contribution in [-0.4, -0.2) is 37.7 Å². The number of nitrogens with one attached hydrogen (secondary N) is 1. The monoisotopic (exact) mass is 257 g/mol. The molecule has 1 aromatic rings. The Kier molecular flexibility index (Phi) is 4.93. The Morgan fingerprint density at radius 1 is 1.59 bits per heavy atom. The number of methoxy groups -OCH3 is 1. The molecule has 1 unspecified atom stereocenters. The molecule has 1 aromatic carbocycles. The summed E-state index contributed by atoms with van der Waals surface area (Å²) in [6.07, 6.45) is -1.10. The van der Waals surface area contributed by atoms with E-state index >= 15 is 0 Å². The second-order valence-corrected chi connectivity index (χ2v) is 4.18. The molecule has 0 saturated carbocycles. The van der Waals surface area contributed by atoms with Crippen LogP contribution in [0.2, 0.25) is 5.02 Å². The van der Waals surface area contributed by atoms with Crippen LogP contribution in [0, 0.1) is 6.92 Å². The minimum Gasteiger partial charge on any atom is -0.496 e. The SMILES string of the molecule is CNCC(O)C(=O)c1cc(Cl)cc(C)c1OC. The molecule has 0 aliphatic rings. The van der Waals surface area contributed by atoms with Gasteiger partial charge in [0, 0.05) is 11.6 Å². The second-order valence-electron chi connectivity index (χ2n) is 3.74. The zero-order chi connectivity index (χ0) is 13.0. The molecule has 1 rings (SSSR count).